The predicted octanol–water partition coefficient (Wildman–Crippen LogP) is 4.38. The highest BCUT2D eigenvalue weighted by Crippen LogP contribution is 2.19. The Morgan fingerprint density at radius 2 is 1.67 bits per heavy atom. The molecule has 33 heavy (non-hydrogen) atoms. The van der Waals surface area contributed by atoms with Crippen LogP contribution in [0.5, 0.6) is 11.5 Å². The minimum absolute atomic E-state index is 0.198. The number of aromatic nitrogens is 4. The molecule has 0 saturated heterocycles. The molecule has 1 N–H and O–H groups in total. The van der Waals surface area contributed by atoms with Crippen LogP contribution < -0.4 is 14.8 Å². The lowest BCUT2D eigenvalue weighted by molar-refractivity contribution is 0.102. The van der Waals surface area contributed by atoms with Crippen LogP contribution in [0.2, 0.25) is 0 Å². The van der Waals surface area contributed by atoms with Crippen molar-refractivity contribution in [1.82, 2.24) is 19.6 Å². The minimum Gasteiger partial charge on any atom is -0.494 e. The van der Waals surface area contributed by atoms with Crippen LogP contribution >= 0.6 is 0 Å². The molecule has 0 aliphatic carbocycles. The van der Waals surface area contributed by atoms with Crippen molar-refractivity contribution in [2.45, 2.75) is 33.5 Å². The van der Waals surface area contributed by atoms with E-state index < -0.39 is 0 Å². The van der Waals surface area contributed by atoms with Gasteiger partial charge in [-0.2, -0.15) is 10.2 Å². The SMILES string of the molecule is CCOc1ccc(OCc2cccc(C(=O)Nc3cnn(Cc4cnn(CC)c4)c3)c2)cc1. The number of anilines is 1. The van der Waals surface area contributed by atoms with Crippen molar-refractivity contribution in [1.29, 1.82) is 0 Å². The fourth-order valence-electron chi connectivity index (χ4n) is 3.33. The summed E-state index contributed by atoms with van der Waals surface area (Å²) in [6.45, 7) is 6.39. The first-order chi connectivity index (χ1) is 16.1. The second-order valence-electron chi connectivity index (χ2n) is 7.48. The van der Waals surface area contributed by atoms with Crippen molar-refractivity contribution in [3.8, 4) is 11.5 Å². The van der Waals surface area contributed by atoms with E-state index >= 15 is 0 Å². The Labute approximate surface area is 192 Å². The maximum Gasteiger partial charge on any atom is 0.255 e. The molecule has 8 heteroatoms. The van der Waals surface area contributed by atoms with Crippen LogP contribution in [-0.4, -0.2) is 32.1 Å². The normalized spacial score (nSPS) is 10.7. The van der Waals surface area contributed by atoms with Gasteiger partial charge >= 0.3 is 0 Å². The third-order valence-corrected chi connectivity index (χ3v) is 4.98. The Bertz CT molecular complexity index is 1200. The van der Waals surface area contributed by atoms with E-state index in [2.05, 4.69) is 15.5 Å². The average molecular weight is 446 g/mol. The Morgan fingerprint density at radius 1 is 0.909 bits per heavy atom. The molecule has 0 fully saturated rings. The van der Waals surface area contributed by atoms with Crippen LogP contribution in [-0.2, 0) is 19.7 Å². The topological polar surface area (TPSA) is 83.2 Å². The number of rotatable bonds is 10. The van der Waals surface area contributed by atoms with Crippen LogP contribution in [0.4, 0.5) is 5.69 Å². The van der Waals surface area contributed by atoms with E-state index in [-0.39, 0.29) is 5.91 Å². The van der Waals surface area contributed by atoms with Gasteiger partial charge in [0.1, 0.15) is 18.1 Å². The zero-order chi connectivity index (χ0) is 23.0. The molecule has 2 aromatic heterocycles. The molecule has 2 heterocycles. The summed E-state index contributed by atoms with van der Waals surface area (Å²) in [5, 5.41) is 11.5. The standard InChI is InChI=1S/C25H27N5O3/c1-3-29-15-20(13-26-29)16-30-17-22(14-27-30)28-25(31)21-7-5-6-19(12-21)18-33-24-10-8-23(9-11-24)32-4-2/h5-15,17H,3-4,16,18H2,1-2H3,(H,28,31). The molecule has 0 unspecified atom stereocenters. The van der Waals surface area contributed by atoms with Gasteiger partial charge in [-0.3, -0.25) is 14.2 Å². The fourth-order valence-corrected chi connectivity index (χ4v) is 3.33. The summed E-state index contributed by atoms with van der Waals surface area (Å²) in [5.74, 6) is 1.35. The summed E-state index contributed by atoms with van der Waals surface area (Å²) in [6.07, 6.45) is 7.26. The zero-order valence-corrected chi connectivity index (χ0v) is 18.8. The van der Waals surface area contributed by atoms with Gasteiger partial charge in [0.15, 0.2) is 0 Å². The van der Waals surface area contributed by atoms with Crippen molar-refractivity contribution >= 4 is 11.6 Å². The van der Waals surface area contributed by atoms with Crippen LogP contribution in [0.3, 0.4) is 0 Å². The number of benzene rings is 2. The zero-order valence-electron chi connectivity index (χ0n) is 18.8. The van der Waals surface area contributed by atoms with Gasteiger partial charge in [0, 0.05) is 30.1 Å². The van der Waals surface area contributed by atoms with Gasteiger partial charge in [0.2, 0.25) is 0 Å². The van der Waals surface area contributed by atoms with Crippen molar-refractivity contribution in [3.63, 3.8) is 0 Å². The first-order valence-corrected chi connectivity index (χ1v) is 10.9. The smallest absolute Gasteiger partial charge is 0.255 e. The van der Waals surface area contributed by atoms with Gasteiger partial charge < -0.3 is 14.8 Å². The maximum absolute atomic E-state index is 12.7. The second-order valence-corrected chi connectivity index (χ2v) is 7.48. The molecule has 170 valence electrons. The molecular weight excluding hydrogens is 418 g/mol. The Balaban J connectivity index is 1.33. The van der Waals surface area contributed by atoms with Gasteiger partial charge in [-0.25, -0.2) is 0 Å². The lowest BCUT2D eigenvalue weighted by Crippen LogP contribution is -2.12. The molecule has 0 atom stereocenters. The first kappa shape index (κ1) is 22.1. The molecule has 8 nitrogen and oxygen atoms in total. The second kappa shape index (κ2) is 10.5. The predicted molar refractivity (Wildman–Crippen MR) is 126 cm³/mol. The van der Waals surface area contributed by atoms with Gasteiger partial charge in [-0.05, 0) is 55.8 Å². The highest BCUT2D eigenvalue weighted by molar-refractivity contribution is 6.04. The number of amides is 1. The molecule has 0 bridgehead atoms. The quantitative estimate of drug-likeness (QED) is 0.392. The lowest BCUT2D eigenvalue weighted by Gasteiger charge is -2.09. The van der Waals surface area contributed by atoms with Crippen molar-refractivity contribution in [2.24, 2.45) is 0 Å². The molecule has 0 spiro atoms. The van der Waals surface area contributed by atoms with E-state index in [4.69, 9.17) is 9.47 Å². The summed E-state index contributed by atoms with van der Waals surface area (Å²) in [5.41, 5.74) is 3.15. The number of hydrogen-bond donors (Lipinski definition) is 1. The number of nitrogens with one attached hydrogen (secondary N) is 1. The summed E-state index contributed by atoms with van der Waals surface area (Å²) < 4.78 is 14.9. The number of ether oxygens (including phenoxy) is 2. The van der Waals surface area contributed by atoms with Crippen LogP contribution in [0, 0.1) is 0 Å². The molecule has 0 aliphatic rings. The van der Waals surface area contributed by atoms with Crippen LogP contribution in [0.15, 0.2) is 73.3 Å². The molecule has 0 radical (unpaired) electrons. The van der Waals surface area contributed by atoms with Crippen molar-refractivity contribution in [3.05, 3.63) is 90.0 Å². The Kier molecular flexibility index (Phi) is 7.04. The third-order valence-electron chi connectivity index (χ3n) is 4.98. The highest BCUT2D eigenvalue weighted by atomic mass is 16.5. The largest absolute Gasteiger partial charge is 0.494 e. The van der Waals surface area contributed by atoms with E-state index in [9.17, 15) is 4.79 Å². The average Bonchev–Trinajstić information content (AvgIpc) is 3.48. The van der Waals surface area contributed by atoms with E-state index in [1.165, 1.54) is 0 Å². The third kappa shape index (κ3) is 6.00. The number of carbonyl (C=O) groups excluding carboxylic acids is 1. The van der Waals surface area contributed by atoms with Gasteiger partial charge in [-0.15, -0.1) is 0 Å². The van der Waals surface area contributed by atoms with Crippen LogP contribution in [0.1, 0.15) is 35.3 Å². The molecule has 4 aromatic rings. The molecule has 2 aromatic carbocycles. The lowest BCUT2D eigenvalue weighted by atomic mass is 10.1. The molecule has 0 aliphatic heterocycles. The summed E-state index contributed by atoms with van der Waals surface area (Å²) in [6, 6.07) is 14.9. The number of aryl methyl sites for hydroxylation is 1. The number of hydrogen-bond acceptors (Lipinski definition) is 5. The summed E-state index contributed by atoms with van der Waals surface area (Å²) in [7, 11) is 0. The monoisotopic (exact) mass is 445 g/mol. The van der Waals surface area contributed by atoms with Crippen molar-refractivity contribution in [2.75, 3.05) is 11.9 Å². The van der Waals surface area contributed by atoms with E-state index in [0.717, 1.165) is 29.2 Å². The number of carbonyl (C=O) groups is 1. The first-order valence-electron chi connectivity index (χ1n) is 10.9. The van der Waals surface area contributed by atoms with E-state index in [1.54, 1.807) is 23.1 Å². The molecule has 1 amide bonds. The minimum atomic E-state index is -0.198. The molecular formula is C25H27N5O3. The van der Waals surface area contributed by atoms with Crippen LogP contribution in [0.25, 0.3) is 0 Å². The summed E-state index contributed by atoms with van der Waals surface area (Å²) >= 11 is 0. The summed E-state index contributed by atoms with van der Waals surface area (Å²) in [4.78, 5) is 12.7. The maximum atomic E-state index is 12.7. The fraction of sp³-hybridized carbons (Fsp3) is 0.240. The van der Waals surface area contributed by atoms with Gasteiger partial charge in [0.05, 0.1) is 31.2 Å². The van der Waals surface area contributed by atoms with Gasteiger partial charge in [0.25, 0.3) is 5.91 Å². The number of nitrogens with zero attached hydrogens (tertiary/aromatic N) is 4. The van der Waals surface area contributed by atoms with Gasteiger partial charge in [-0.1, -0.05) is 12.1 Å². The van der Waals surface area contributed by atoms with Crippen molar-refractivity contribution < 1.29 is 14.3 Å². The Hall–Kier alpha value is -4.07. The highest BCUT2D eigenvalue weighted by Gasteiger charge is 2.09. The Morgan fingerprint density at radius 3 is 2.39 bits per heavy atom. The molecule has 0 saturated carbocycles. The molecule has 4 rings (SSSR count). The van der Waals surface area contributed by atoms with E-state index in [1.807, 2.05) is 73.4 Å². The van der Waals surface area contributed by atoms with E-state index in [0.29, 0.717) is 31.0 Å².